The van der Waals surface area contributed by atoms with Crippen LogP contribution in [0.1, 0.15) is 21.5 Å². The Kier molecular flexibility index (Phi) is 5.22. The van der Waals surface area contributed by atoms with Crippen molar-refractivity contribution in [1.82, 2.24) is 5.32 Å². The van der Waals surface area contributed by atoms with Crippen LogP contribution < -0.4 is 14.2 Å². The Balaban J connectivity index is 1.47. The molecule has 6 nitrogen and oxygen atoms in total. The first-order valence-corrected chi connectivity index (χ1v) is 10.5. The largest absolute Gasteiger partial charge is 0.493 e. The maximum absolute atomic E-state index is 12.6. The highest BCUT2D eigenvalue weighted by molar-refractivity contribution is 7.87. The maximum atomic E-state index is 12.6. The Hall–Kier alpha value is -3.32. The molecule has 0 aromatic heterocycles. The van der Waals surface area contributed by atoms with Gasteiger partial charge in [0.05, 0.1) is 6.61 Å². The second kappa shape index (κ2) is 7.97. The number of amides is 1. The second-order valence-electron chi connectivity index (χ2n) is 6.60. The molecule has 1 amide bonds. The third kappa shape index (κ3) is 4.41. The number of hydrogen-bond donors (Lipinski definition) is 1. The SMILES string of the molecule is O=C(NCc1ccccc1)c1cccc(OS(=O)(=O)c2ccc3c(c2)CCO3)c1. The van der Waals surface area contributed by atoms with Gasteiger partial charge in [-0.1, -0.05) is 36.4 Å². The van der Waals surface area contributed by atoms with E-state index in [2.05, 4.69) is 5.32 Å². The van der Waals surface area contributed by atoms with Gasteiger partial charge in [-0.15, -0.1) is 0 Å². The Labute approximate surface area is 169 Å². The topological polar surface area (TPSA) is 81.7 Å². The van der Waals surface area contributed by atoms with E-state index in [0.717, 1.165) is 11.1 Å². The van der Waals surface area contributed by atoms with Crippen LogP contribution in [0.15, 0.2) is 77.7 Å². The predicted molar refractivity (Wildman–Crippen MR) is 108 cm³/mol. The van der Waals surface area contributed by atoms with Crippen LogP contribution in [0.4, 0.5) is 0 Å². The van der Waals surface area contributed by atoms with Crippen molar-refractivity contribution in [3.63, 3.8) is 0 Å². The summed E-state index contributed by atoms with van der Waals surface area (Å²) in [6, 6.07) is 20.3. The lowest BCUT2D eigenvalue weighted by atomic mass is 10.2. The number of benzene rings is 3. The molecular formula is C22H19NO5S. The number of hydrogen-bond acceptors (Lipinski definition) is 5. The minimum absolute atomic E-state index is 0.0562. The fraction of sp³-hybridized carbons (Fsp3) is 0.136. The van der Waals surface area contributed by atoms with Crippen molar-refractivity contribution >= 4 is 16.0 Å². The molecule has 0 bridgehead atoms. The predicted octanol–water partition coefficient (Wildman–Crippen LogP) is 3.32. The lowest BCUT2D eigenvalue weighted by Crippen LogP contribution is -2.22. The van der Waals surface area contributed by atoms with Crippen LogP contribution in [0, 0.1) is 0 Å². The zero-order valence-corrected chi connectivity index (χ0v) is 16.3. The van der Waals surface area contributed by atoms with E-state index < -0.39 is 10.1 Å². The summed E-state index contributed by atoms with van der Waals surface area (Å²) in [5.74, 6) is 0.460. The third-order valence-corrected chi connectivity index (χ3v) is 5.79. The van der Waals surface area contributed by atoms with E-state index in [4.69, 9.17) is 8.92 Å². The molecule has 0 aliphatic carbocycles. The Morgan fingerprint density at radius 1 is 1.00 bits per heavy atom. The van der Waals surface area contributed by atoms with Gasteiger partial charge in [0.25, 0.3) is 5.91 Å². The van der Waals surface area contributed by atoms with E-state index >= 15 is 0 Å². The number of ether oxygens (including phenoxy) is 1. The summed E-state index contributed by atoms with van der Waals surface area (Å²) in [7, 11) is -4.02. The Morgan fingerprint density at radius 2 is 1.83 bits per heavy atom. The van der Waals surface area contributed by atoms with Gasteiger partial charge in [0, 0.05) is 18.5 Å². The van der Waals surface area contributed by atoms with Gasteiger partial charge in [0.2, 0.25) is 0 Å². The van der Waals surface area contributed by atoms with Crippen LogP contribution in [0.25, 0.3) is 0 Å². The van der Waals surface area contributed by atoms with Crippen LogP contribution in [0.2, 0.25) is 0 Å². The monoisotopic (exact) mass is 409 g/mol. The second-order valence-corrected chi connectivity index (χ2v) is 8.15. The van der Waals surface area contributed by atoms with Crippen molar-refractivity contribution in [2.24, 2.45) is 0 Å². The third-order valence-electron chi connectivity index (χ3n) is 4.55. The highest BCUT2D eigenvalue weighted by Gasteiger charge is 2.21. The van der Waals surface area contributed by atoms with Crippen molar-refractivity contribution in [2.75, 3.05) is 6.61 Å². The van der Waals surface area contributed by atoms with E-state index in [1.54, 1.807) is 24.3 Å². The van der Waals surface area contributed by atoms with E-state index in [0.29, 0.717) is 30.9 Å². The van der Waals surface area contributed by atoms with Gasteiger partial charge < -0.3 is 14.2 Å². The minimum atomic E-state index is -4.02. The normalized spacial score (nSPS) is 12.7. The smallest absolute Gasteiger partial charge is 0.339 e. The quantitative estimate of drug-likeness (QED) is 0.632. The first kappa shape index (κ1) is 19.0. The van der Waals surface area contributed by atoms with Crippen LogP contribution in [0.3, 0.4) is 0 Å². The molecule has 0 radical (unpaired) electrons. The minimum Gasteiger partial charge on any atom is -0.493 e. The van der Waals surface area contributed by atoms with E-state index in [9.17, 15) is 13.2 Å². The molecule has 0 spiro atoms. The molecule has 1 heterocycles. The molecular weight excluding hydrogens is 390 g/mol. The van der Waals surface area contributed by atoms with Crippen LogP contribution in [0.5, 0.6) is 11.5 Å². The van der Waals surface area contributed by atoms with Crippen molar-refractivity contribution < 1.29 is 22.1 Å². The zero-order valence-electron chi connectivity index (χ0n) is 15.5. The summed E-state index contributed by atoms with van der Waals surface area (Å²) < 4.78 is 35.9. The molecule has 0 saturated heterocycles. The number of rotatable bonds is 6. The fourth-order valence-electron chi connectivity index (χ4n) is 3.06. The molecule has 1 aliphatic heterocycles. The van der Waals surface area contributed by atoms with Gasteiger partial charge in [-0.2, -0.15) is 8.42 Å². The highest BCUT2D eigenvalue weighted by Crippen LogP contribution is 2.29. The molecule has 1 aliphatic rings. The van der Waals surface area contributed by atoms with Gasteiger partial charge in [-0.25, -0.2) is 0 Å². The Morgan fingerprint density at radius 3 is 2.66 bits per heavy atom. The molecule has 0 saturated carbocycles. The average Bonchev–Trinajstić information content (AvgIpc) is 3.20. The molecule has 29 heavy (non-hydrogen) atoms. The highest BCUT2D eigenvalue weighted by atomic mass is 32.2. The maximum Gasteiger partial charge on any atom is 0.339 e. The van der Waals surface area contributed by atoms with E-state index in [-0.39, 0.29) is 16.6 Å². The molecule has 0 fully saturated rings. The van der Waals surface area contributed by atoms with Crippen molar-refractivity contribution in [2.45, 2.75) is 17.9 Å². The van der Waals surface area contributed by atoms with Crippen molar-refractivity contribution in [3.8, 4) is 11.5 Å². The van der Waals surface area contributed by atoms with E-state index in [1.807, 2.05) is 30.3 Å². The summed E-state index contributed by atoms with van der Waals surface area (Å²) in [6.45, 7) is 0.917. The lowest BCUT2D eigenvalue weighted by molar-refractivity contribution is 0.0950. The molecule has 0 atom stereocenters. The van der Waals surface area contributed by atoms with Gasteiger partial charge >= 0.3 is 10.1 Å². The summed E-state index contributed by atoms with van der Waals surface area (Å²) in [6.07, 6.45) is 0.662. The summed E-state index contributed by atoms with van der Waals surface area (Å²) in [5, 5.41) is 2.81. The molecule has 0 unspecified atom stereocenters. The lowest BCUT2D eigenvalue weighted by Gasteiger charge is -2.10. The number of nitrogens with one attached hydrogen (secondary N) is 1. The van der Waals surface area contributed by atoms with Crippen LogP contribution >= 0.6 is 0 Å². The number of carbonyl (C=O) groups excluding carboxylic acids is 1. The first-order chi connectivity index (χ1) is 14.0. The fourth-order valence-corrected chi connectivity index (χ4v) is 4.04. The van der Waals surface area contributed by atoms with Gasteiger partial charge in [0.1, 0.15) is 16.4 Å². The van der Waals surface area contributed by atoms with Gasteiger partial charge in [-0.3, -0.25) is 4.79 Å². The average molecular weight is 409 g/mol. The summed E-state index contributed by atoms with van der Waals surface area (Å²) in [5.41, 5.74) is 2.12. The van der Waals surface area contributed by atoms with E-state index in [1.165, 1.54) is 18.2 Å². The summed E-state index contributed by atoms with van der Waals surface area (Å²) in [4.78, 5) is 12.5. The van der Waals surface area contributed by atoms with Crippen molar-refractivity contribution in [1.29, 1.82) is 0 Å². The molecule has 4 rings (SSSR count). The van der Waals surface area contributed by atoms with Gasteiger partial charge in [-0.05, 0) is 47.5 Å². The first-order valence-electron chi connectivity index (χ1n) is 9.14. The van der Waals surface area contributed by atoms with Crippen LogP contribution in [-0.4, -0.2) is 20.9 Å². The Bertz CT molecular complexity index is 1140. The standard InChI is InChI=1S/C22H19NO5S/c24-22(23-15-16-5-2-1-3-6-16)18-7-4-8-19(13-18)28-29(25,26)20-9-10-21-17(14-20)11-12-27-21/h1-10,13-14H,11-12,15H2,(H,23,24). The van der Waals surface area contributed by atoms with Crippen LogP contribution in [-0.2, 0) is 23.1 Å². The van der Waals surface area contributed by atoms with Crippen molar-refractivity contribution in [3.05, 3.63) is 89.5 Å². The number of carbonyl (C=O) groups is 1. The molecule has 3 aromatic carbocycles. The molecule has 3 aromatic rings. The number of fused-ring (bicyclic) bond motifs is 1. The molecule has 148 valence electrons. The molecule has 7 heteroatoms. The zero-order chi connectivity index (χ0) is 20.3. The summed E-state index contributed by atoms with van der Waals surface area (Å²) >= 11 is 0. The van der Waals surface area contributed by atoms with Gasteiger partial charge in [0.15, 0.2) is 0 Å². The molecule has 1 N–H and O–H groups in total.